The molecule has 0 saturated carbocycles. The molecule has 5 N–H and O–H groups in total. The number of nitrogens with one attached hydrogen (secondary N) is 1. The molecule has 0 aliphatic carbocycles. The molecule has 0 aliphatic rings. The number of hydrogen-bond acceptors (Lipinski definition) is 8. The summed E-state index contributed by atoms with van der Waals surface area (Å²) in [6, 6.07) is 7.83. The third-order valence-corrected chi connectivity index (χ3v) is 6.39. The van der Waals surface area contributed by atoms with Gasteiger partial charge in [0.1, 0.15) is 16.7 Å². The molecular weight excluding hydrogens is 469 g/mol. The minimum atomic E-state index is -1.12. The summed E-state index contributed by atoms with van der Waals surface area (Å²) in [5.41, 5.74) is 11.3. The number of rotatable bonds is 10. The second-order valence-electron chi connectivity index (χ2n) is 6.89. The van der Waals surface area contributed by atoms with Gasteiger partial charge in [0.05, 0.1) is 18.8 Å². The van der Waals surface area contributed by atoms with Gasteiger partial charge in [0, 0.05) is 18.5 Å². The molecule has 33 heavy (non-hydrogen) atoms. The first-order chi connectivity index (χ1) is 15.8. The van der Waals surface area contributed by atoms with Crippen molar-refractivity contribution in [2.24, 2.45) is 5.73 Å². The van der Waals surface area contributed by atoms with Crippen molar-refractivity contribution in [1.82, 2.24) is 14.6 Å². The molecule has 0 bridgehead atoms. The Morgan fingerprint density at radius 3 is 2.55 bits per heavy atom. The SMILES string of the molecule is COCCNC(=O)[C@@H](c1ccc(F)cc1)N(Cc1cccs1)C(=O)c1snc(C(N)=O)c1N. The molecular formula is C21H22FN5O4S2. The summed E-state index contributed by atoms with van der Waals surface area (Å²) in [5.74, 6) is -2.44. The Hall–Kier alpha value is -3.35. The maximum absolute atomic E-state index is 13.6. The first-order valence-electron chi connectivity index (χ1n) is 9.73. The van der Waals surface area contributed by atoms with Crippen molar-refractivity contribution in [2.45, 2.75) is 12.6 Å². The van der Waals surface area contributed by atoms with E-state index in [9.17, 15) is 18.8 Å². The third kappa shape index (κ3) is 5.72. The molecule has 0 radical (unpaired) electrons. The van der Waals surface area contributed by atoms with Crippen molar-refractivity contribution in [1.29, 1.82) is 0 Å². The van der Waals surface area contributed by atoms with E-state index >= 15 is 0 Å². The van der Waals surface area contributed by atoms with Crippen LogP contribution in [-0.2, 0) is 16.1 Å². The molecule has 3 amide bonds. The Bertz CT molecular complexity index is 1120. The van der Waals surface area contributed by atoms with Gasteiger partial charge >= 0.3 is 0 Å². The van der Waals surface area contributed by atoms with Gasteiger partial charge in [-0.2, -0.15) is 4.37 Å². The van der Waals surface area contributed by atoms with E-state index in [0.29, 0.717) is 5.56 Å². The zero-order valence-corrected chi connectivity index (χ0v) is 19.2. The van der Waals surface area contributed by atoms with Gasteiger partial charge in [0.2, 0.25) is 5.91 Å². The number of halogens is 1. The molecule has 0 fully saturated rings. The fourth-order valence-electron chi connectivity index (χ4n) is 3.10. The van der Waals surface area contributed by atoms with Gasteiger partial charge in [-0.05, 0) is 40.7 Å². The molecule has 0 saturated heterocycles. The van der Waals surface area contributed by atoms with Crippen molar-refractivity contribution < 1.29 is 23.5 Å². The number of benzene rings is 1. The molecule has 2 aromatic heterocycles. The second-order valence-corrected chi connectivity index (χ2v) is 8.69. The summed E-state index contributed by atoms with van der Waals surface area (Å²) < 4.78 is 22.5. The van der Waals surface area contributed by atoms with Crippen molar-refractivity contribution in [3.8, 4) is 0 Å². The van der Waals surface area contributed by atoms with Crippen LogP contribution in [0.1, 0.15) is 36.6 Å². The van der Waals surface area contributed by atoms with Gasteiger partial charge < -0.3 is 26.4 Å². The molecule has 174 valence electrons. The lowest BCUT2D eigenvalue weighted by molar-refractivity contribution is -0.126. The number of hydrogen-bond donors (Lipinski definition) is 3. The Labute approximate surface area is 197 Å². The number of thiophene rings is 1. The first kappa shape index (κ1) is 24.3. The maximum atomic E-state index is 13.6. The summed E-state index contributed by atoms with van der Waals surface area (Å²) in [4.78, 5) is 40.6. The largest absolute Gasteiger partial charge is 0.395 e. The van der Waals surface area contributed by atoms with Crippen LogP contribution in [0.15, 0.2) is 41.8 Å². The average molecular weight is 492 g/mol. The van der Waals surface area contributed by atoms with Crippen LogP contribution in [-0.4, -0.2) is 47.3 Å². The van der Waals surface area contributed by atoms with Crippen LogP contribution in [0.3, 0.4) is 0 Å². The van der Waals surface area contributed by atoms with E-state index in [1.165, 1.54) is 47.6 Å². The number of carbonyl (C=O) groups excluding carboxylic acids is 3. The lowest BCUT2D eigenvalue weighted by Crippen LogP contribution is -2.44. The van der Waals surface area contributed by atoms with Crippen LogP contribution >= 0.6 is 22.9 Å². The van der Waals surface area contributed by atoms with Gasteiger partial charge in [-0.1, -0.05) is 18.2 Å². The Morgan fingerprint density at radius 1 is 1.24 bits per heavy atom. The van der Waals surface area contributed by atoms with Crippen LogP contribution in [0.2, 0.25) is 0 Å². The van der Waals surface area contributed by atoms with E-state index in [-0.39, 0.29) is 36.0 Å². The topological polar surface area (TPSA) is 141 Å². The fraction of sp³-hybridized carbons (Fsp3) is 0.238. The number of ether oxygens (including phenoxy) is 1. The zero-order chi connectivity index (χ0) is 24.0. The van der Waals surface area contributed by atoms with Crippen LogP contribution < -0.4 is 16.8 Å². The number of amides is 3. The molecule has 0 unspecified atom stereocenters. The van der Waals surface area contributed by atoms with Crippen molar-refractivity contribution in [3.63, 3.8) is 0 Å². The Kier molecular flexibility index (Phi) is 8.09. The molecule has 0 spiro atoms. The molecule has 3 aromatic rings. The predicted molar refractivity (Wildman–Crippen MR) is 123 cm³/mol. The van der Waals surface area contributed by atoms with E-state index in [0.717, 1.165) is 16.4 Å². The number of carbonyl (C=O) groups is 3. The van der Waals surface area contributed by atoms with Gasteiger partial charge in [0.25, 0.3) is 11.8 Å². The number of aromatic nitrogens is 1. The minimum absolute atomic E-state index is 0.0165. The van der Waals surface area contributed by atoms with Gasteiger partial charge in [-0.15, -0.1) is 11.3 Å². The molecule has 2 heterocycles. The summed E-state index contributed by atoms with van der Waals surface area (Å²) >= 11 is 2.13. The molecule has 9 nitrogen and oxygen atoms in total. The van der Waals surface area contributed by atoms with Gasteiger partial charge in [-0.25, -0.2) is 4.39 Å². The van der Waals surface area contributed by atoms with Crippen LogP contribution in [0.4, 0.5) is 10.1 Å². The number of methoxy groups -OCH3 is 1. The zero-order valence-electron chi connectivity index (χ0n) is 17.6. The molecule has 1 atom stereocenters. The number of nitrogens with zero attached hydrogens (tertiary/aromatic N) is 2. The van der Waals surface area contributed by atoms with Gasteiger partial charge in [0.15, 0.2) is 5.69 Å². The summed E-state index contributed by atoms with van der Waals surface area (Å²) in [6.07, 6.45) is 0. The lowest BCUT2D eigenvalue weighted by atomic mass is 10.0. The summed E-state index contributed by atoms with van der Waals surface area (Å²) in [5, 5.41) is 4.58. The van der Waals surface area contributed by atoms with Crippen LogP contribution in [0, 0.1) is 5.82 Å². The number of anilines is 1. The second kappa shape index (κ2) is 11.0. The van der Waals surface area contributed by atoms with Crippen LogP contribution in [0.25, 0.3) is 0 Å². The van der Waals surface area contributed by atoms with E-state index in [4.69, 9.17) is 16.2 Å². The van der Waals surface area contributed by atoms with Crippen molar-refractivity contribution in [3.05, 3.63) is 68.6 Å². The lowest BCUT2D eigenvalue weighted by Gasteiger charge is -2.31. The van der Waals surface area contributed by atoms with E-state index < -0.39 is 29.6 Å². The van der Waals surface area contributed by atoms with E-state index in [1.54, 1.807) is 0 Å². The van der Waals surface area contributed by atoms with Gasteiger partial charge in [-0.3, -0.25) is 14.4 Å². The third-order valence-electron chi connectivity index (χ3n) is 4.67. The summed E-state index contributed by atoms with van der Waals surface area (Å²) in [7, 11) is 1.50. The maximum Gasteiger partial charge on any atom is 0.270 e. The number of primary amides is 1. The first-order valence-corrected chi connectivity index (χ1v) is 11.4. The molecule has 1 aromatic carbocycles. The number of nitrogens with two attached hydrogens (primary N) is 2. The minimum Gasteiger partial charge on any atom is -0.395 e. The highest BCUT2D eigenvalue weighted by atomic mass is 32.1. The molecule has 12 heteroatoms. The summed E-state index contributed by atoms with van der Waals surface area (Å²) in [6.45, 7) is 0.548. The Balaban J connectivity index is 2.07. The average Bonchev–Trinajstić information content (AvgIpc) is 3.44. The smallest absolute Gasteiger partial charge is 0.270 e. The Morgan fingerprint density at radius 2 is 1.97 bits per heavy atom. The highest BCUT2D eigenvalue weighted by molar-refractivity contribution is 7.10. The number of nitrogen functional groups attached to an aromatic ring is 1. The quantitative estimate of drug-likeness (QED) is 0.371. The normalized spacial score (nSPS) is 11.7. The fourth-order valence-corrected chi connectivity index (χ4v) is 4.57. The van der Waals surface area contributed by atoms with E-state index in [2.05, 4.69) is 9.69 Å². The molecule has 3 rings (SSSR count). The predicted octanol–water partition coefficient (Wildman–Crippen LogP) is 2.17. The van der Waals surface area contributed by atoms with E-state index in [1.807, 2.05) is 17.5 Å². The highest BCUT2D eigenvalue weighted by Gasteiger charge is 2.35. The van der Waals surface area contributed by atoms with Crippen molar-refractivity contribution >= 4 is 46.3 Å². The highest BCUT2D eigenvalue weighted by Crippen LogP contribution is 2.31. The van der Waals surface area contributed by atoms with Crippen molar-refractivity contribution in [2.75, 3.05) is 26.0 Å². The standard InChI is InChI=1S/C21H22FN5O4S2/c1-31-9-8-25-20(29)17(12-4-6-13(22)7-5-12)27(11-14-3-2-10-32-14)21(30)18-15(23)16(19(24)28)26-33-18/h2-7,10,17H,8-9,11,23H2,1H3,(H2,24,28)(H,25,29)/t17-/m1/s1. The molecule has 0 aliphatic heterocycles. The monoisotopic (exact) mass is 491 g/mol. The van der Waals surface area contributed by atoms with Crippen LogP contribution in [0.5, 0.6) is 0 Å².